The van der Waals surface area contributed by atoms with Crippen LogP contribution in [-0.4, -0.2) is 11.9 Å². The molecule has 2 aliphatic rings. The lowest BCUT2D eigenvalue weighted by Gasteiger charge is -2.14. The van der Waals surface area contributed by atoms with Crippen LogP contribution in [0.2, 0.25) is 0 Å². The van der Waals surface area contributed by atoms with Crippen LogP contribution in [0.3, 0.4) is 0 Å². The van der Waals surface area contributed by atoms with E-state index in [-0.39, 0.29) is 11.8 Å². The number of ether oxygens (including phenoxy) is 1. The van der Waals surface area contributed by atoms with E-state index in [9.17, 15) is 9.59 Å². The topological polar surface area (TPSA) is 43.4 Å². The van der Waals surface area contributed by atoms with E-state index in [4.69, 9.17) is 4.74 Å². The van der Waals surface area contributed by atoms with Gasteiger partial charge in [0, 0.05) is 0 Å². The van der Waals surface area contributed by atoms with E-state index in [0.29, 0.717) is 12.8 Å². The number of rotatable bonds is 2. The lowest BCUT2D eigenvalue weighted by atomic mass is 10.00. The van der Waals surface area contributed by atoms with Crippen molar-refractivity contribution in [3.05, 3.63) is 48.6 Å². The molecule has 88 valence electrons. The third-order valence-electron chi connectivity index (χ3n) is 2.77. The molecule has 2 aliphatic carbocycles. The van der Waals surface area contributed by atoms with Gasteiger partial charge in [-0.3, -0.25) is 9.59 Å². The van der Waals surface area contributed by atoms with Gasteiger partial charge in [-0.1, -0.05) is 48.6 Å². The molecule has 0 spiro atoms. The van der Waals surface area contributed by atoms with Crippen LogP contribution in [0.4, 0.5) is 0 Å². The molecule has 2 unspecified atom stereocenters. The minimum Gasteiger partial charge on any atom is -0.392 e. The number of hydrogen-bond acceptors (Lipinski definition) is 3. The zero-order chi connectivity index (χ0) is 12.1. The first-order valence-electron chi connectivity index (χ1n) is 5.69. The van der Waals surface area contributed by atoms with E-state index in [1.54, 1.807) is 24.3 Å². The van der Waals surface area contributed by atoms with Gasteiger partial charge in [0.05, 0.1) is 11.8 Å². The Morgan fingerprint density at radius 3 is 1.65 bits per heavy atom. The highest BCUT2D eigenvalue weighted by Crippen LogP contribution is 2.17. The standard InChI is InChI=1S/C14H14O3/c15-13(11-7-3-1-4-8-11)17-14(16)12-9-5-2-6-10-12/h1-7,9,11-12H,8,10H2. The van der Waals surface area contributed by atoms with Crippen LogP contribution in [0.1, 0.15) is 12.8 Å². The molecule has 0 aliphatic heterocycles. The lowest BCUT2D eigenvalue weighted by molar-refractivity contribution is -0.163. The third kappa shape index (κ3) is 3.03. The molecule has 0 heterocycles. The summed E-state index contributed by atoms with van der Waals surface area (Å²) in [6, 6.07) is 0. The fourth-order valence-corrected chi connectivity index (χ4v) is 1.76. The Morgan fingerprint density at radius 2 is 1.29 bits per heavy atom. The zero-order valence-corrected chi connectivity index (χ0v) is 9.41. The maximum absolute atomic E-state index is 11.7. The number of carbonyl (C=O) groups excluding carboxylic acids is 2. The summed E-state index contributed by atoms with van der Waals surface area (Å²) in [6.45, 7) is 0. The van der Waals surface area contributed by atoms with Crippen molar-refractivity contribution in [3.8, 4) is 0 Å². The minimum absolute atomic E-state index is 0.327. The first-order chi connectivity index (χ1) is 8.27. The molecule has 3 nitrogen and oxygen atoms in total. The fourth-order valence-electron chi connectivity index (χ4n) is 1.76. The number of carbonyl (C=O) groups is 2. The van der Waals surface area contributed by atoms with Gasteiger partial charge in [-0.25, -0.2) is 0 Å². The molecule has 2 atom stereocenters. The van der Waals surface area contributed by atoms with Gasteiger partial charge in [0.15, 0.2) is 0 Å². The summed E-state index contributed by atoms with van der Waals surface area (Å²) < 4.78 is 4.88. The van der Waals surface area contributed by atoms with Crippen LogP contribution in [0.25, 0.3) is 0 Å². The Hall–Kier alpha value is -1.90. The molecular weight excluding hydrogens is 216 g/mol. The summed E-state index contributed by atoms with van der Waals surface area (Å²) in [7, 11) is 0. The van der Waals surface area contributed by atoms with E-state index in [0.717, 1.165) is 0 Å². The second kappa shape index (κ2) is 5.43. The Morgan fingerprint density at radius 1 is 0.824 bits per heavy atom. The van der Waals surface area contributed by atoms with Crippen molar-refractivity contribution in [2.75, 3.05) is 0 Å². The van der Waals surface area contributed by atoms with Crippen LogP contribution in [0.15, 0.2) is 48.6 Å². The van der Waals surface area contributed by atoms with Crippen molar-refractivity contribution in [1.29, 1.82) is 0 Å². The van der Waals surface area contributed by atoms with Gasteiger partial charge in [0.25, 0.3) is 0 Å². The van der Waals surface area contributed by atoms with E-state index in [1.807, 2.05) is 24.3 Å². The van der Waals surface area contributed by atoms with E-state index in [1.165, 1.54) is 0 Å². The number of hydrogen-bond donors (Lipinski definition) is 0. The Labute approximate surface area is 100 Å². The molecule has 0 saturated heterocycles. The van der Waals surface area contributed by atoms with Gasteiger partial charge < -0.3 is 4.74 Å². The summed E-state index contributed by atoms with van der Waals surface area (Å²) in [5, 5.41) is 0. The van der Waals surface area contributed by atoms with Crippen molar-refractivity contribution in [3.63, 3.8) is 0 Å². The summed E-state index contributed by atoms with van der Waals surface area (Å²) in [4.78, 5) is 23.4. The minimum atomic E-state index is -0.460. The molecular formula is C14H14O3. The SMILES string of the molecule is O=C(OC(=O)C1C=CC=CC1)C1C=CC=CC1. The molecule has 3 heteroatoms. The fraction of sp³-hybridized carbons (Fsp3) is 0.286. The average Bonchev–Trinajstić information content (AvgIpc) is 2.40. The molecule has 0 bridgehead atoms. The molecule has 0 radical (unpaired) electrons. The number of allylic oxidation sites excluding steroid dienone is 6. The molecule has 0 N–H and O–H groups in total. The second-order valence-electron chi connectivity index (χ2n) is 4.05. The Balaban J connectivity index is 1.88. The highest BCUT2D eigenvalue weighted by Gasteiger charge is 2.24. The van der Waals surface area contributed by atoms with Crippen LogP contribution >= 0.6 is 0 Å². The highest BCUT2D eigenvalue weighted by atomic mass is 16.6. The maximum Gasteiger partial charge on any atom is 0.320 e. The summed E-state index contributed by atoms with van der Waals surface area (Å²) in [5.74, 6) is -1.57. The summed E-state index contributed by atoms with van der Waals surface area (Å²) in [5.41, 5.74) is 0. The van der Waals surface area contributed by atoms with Crippen molar-refractivity contribution < 1.29 is 14.3 Å². The molecule has 17 heavy (non-hydrogen) atoms. The predicted molar refractivity (Wildman–Crippen MR) is 63.9 cm³/mol. The van der Waals surface area contributed by atoms with Crippen molar-refractivity contribution in [2.45, 2.75) is 12.8 Å². The first kappa shape index (κ1) is 11.6. The van der Waals surface area contributed by atoms with Crippen molar-refractivity contribution in [2.24, 2.45) is 11.8 Å². The van der Waals surface area contributed by atoms with Crippen LogP contribution in [-0.2, 0) is 14.3 Å². The maximum atomic E-state index is 11.7. The largest absolute Gasteiger partial charge is 0.392 e. The van der Waals surface area contributed by atoms with Gasteiger partial charge >= 0.3 is 11.9 Å². The second-order valence-corrected chi connectivity index (χ2v) is 4.05. The van der Waals surface area contributed by atoms with Gasteiger partial charge in [0.2, 0.25) is 0 Å². The summed E-state index contributed by atoms with van der Waals surface area (Å²) in [6.07, 6.45) is 15.8. The smallest absolute Gasteiger partial charge is 0.320 e. The lowest BCUT2D eigenvalue weighted by Crippen LogP contribution is -2.24. The van der Waals surface area contributed by atoms with E-state index >= 15 is 0 Å². The average molecular weight is 230 g/mol. The third-order valence-corrected chi connectivity index (χ3v) is 2.77. The van der Waals surface area contributed by atoms with E-state index < -0.39 is 11.9 Å². The van der Waals surface area contributed by atoms with Crippen molar-refractivity contribution >= 4 is 11.9 Å². The van der Waals surface area contributed by atoms with Gasteiger partial charge in [-0.05, 0) is 12.8 Å². The van der Waals surface area contributed by atoms with Crippen LogP contribution in [0.5, 0.6) is 0 Å². The summed E-state index contributed by atoms with van der Waals surface area (Å²) >= 11 is 0. The molecule has 0 aromatic heterocycles. The molecule has 0 amide bonds. The Bertz CT molecular complexity index is 387. The number of esters is 2. The van der Waals surface area contributed by atoms with E-state index in [2.05, 4.69) is 0 Å². The zero-order valence-electron chi connectivity index (χ0n) is 9.41. The van der Waals surface area contributed by atoms with Gasteiger partial charge in [0.1, 0.15) is 0 Å². The first-order valence-corrected chi connectivity index (χ1v) is 5.69. The molecule has 0 saturated carbocycles. The van der Waals surface area contributed by atoms with Gasteiger partial charge in [-0.2, -0.15) is 0 Å². The monoisotopic (exact) mass is 230 g/mol. The quantitative estimate of drug-likeness (QED) is 0.540. The Kier molecular flexibility index (Phi) is 3.70. The van der Waals surface area contributed by atoms with Crippen molar-refractivity contribution in [1.82, 2.24) is 0 Å². The molecule has 2 rings (SSSR count). The molecule has 0 fully saturated rings. The van der Waals surface area contributed by atoms with Crippen LogP contribution in [0, 0.1) is 11.8 Å². The molecule has 0 aromatic rings. The van der Waals surface area contributed by atoms with Gasteiger partial charge in [-0.15, -0.1) is 0 Å². The molecule has 0 aromatic carbocycles. The normalized spacial score (nSPS) is 25.9. The van der Waals surface area contributed by atoms with Crippen LogP contribution < -0.4 is 0 Å². The highest BCUT2D eigenvalue weighted by molar-refractivity contribution is 5.89. The predicted octanol–water partition coefficient (Wildman–Crippen LogP) is 2.32.